The van der Waals surface area contributed by atoms with E-state index < -0.39 is 106 Å². The minimum atomic E-state index is -1.79. The Morgan fingerprint density at radius 1 is 0.714 bits per heavy atom. The maximum Gasteiger partial charge on any atom is 0.187 e. The number of rotatable bonds is 9. The van der Waals surface area contributed by atoms with Crippen molar-refractivity contribution in [3.63, 3.8) is 0 Å². The third-order valence-electron chi connectivity index (χ3n) is 5.40. The van der Waals surface area contributed by atoms with Crippen LogP contribution in [0.3, 0.4) is 0 Å². The summed E-state index contributed by atoms with van der Waals surface area (Å²) in [6.45, 7) is -2.09. The maximum atomic E-state index is 9.94. The van der Waals surface area contributed by atoms with Crippen LogP contribution in [0.2, 0.25) is 0 Å². The molecule has 0 aromatic heterocycles. The fraction of sp³-hybridized carbons (Fsp3) is 0.944. The van der Waals surface area contributed by atoms with Crippen LogP contribution in [0, 0.1) is 0 Å². The zero-order chi connectivity index (χ0) is 27.0. The van der Waals surface area contributed by atoms with Gasteiger partial charge in [-0.1, -0.05) is 0 Å². The van der Waals surface area contributed by atoms with Crippen LogP contribution in [0.1, 0.15) is 0 Å². The molecule has 35 heavy (non-hydrogen) atoms. The number of carbonyl (C=O) groups is 1. The van der Waals surface area contributed by atoms with E-state index in [1.54, 1.807) is 0 Å². The zero-order valence-electron chi connectivity index (χ0n) is 18.2. The van der Waals surface area contributed by atoms with Crippen LogP contribution in [0.5, 0.6) is 0 Å². The molecule has 17 nitrogen and oxygen atoms in total. The van der Waals surface area contributed by atoms with Gasteiger partial charge in [-0.15, -0.1) is 0 Å². The van der Waals surface area contributed by atoms with Gasteiger partial charge in [-0.2, -0.15) is 0 Å². The van der Waals surface area contributed by atoms with Gasteiger partial charge in [0, 0.05) is 0 Å². The number of hydrogen-bond donors (Lipinski definition) is 13. The van der Waals surface area contributed by atoms with E-state index in [0.29, 0.717) is 0 Å². The standard InChI is InChI=1S/C12H22O11.C6H12O6/c13-1-3-6(16)8(18)10(11(20)21-3)23-12-9(19)7(17)5(15)4(2-14)22-12;7-1-3(9)5(11)6(12)4(10)2-8/h3-20H,1-2H2;1,3-6,8-12H,2H2/t3-,4-,5-,6-,7+,8+,9-,10-,11+,12+;3-,4+,5+,6+/m10/s1. The van der Waals surface area contributed by atoms with Gasteiger partial charge in [-0.25, -0.2) is 0 Å². The highest BCUT2D eigenvalue weighted by Crippen LogP contribution is 2.28. The SMILES string of the molecule is O=C[C@H](O)[C@@H](O)[C@H](O)[C@H](O)CO.OC[C@H]1O[C@@H](O[C@@H]2[C@@H](O)[C@H](O)[C@@H](CO)O[C@@H]2O)[C@H](O)[C@@H](O)[C@@H]1O. The number of aldehydes is 1. The first-order valence-electron chi connectivity index (χ1n) is 10.4. The third kappa shape index (κ3) is 8.01. The average Bonchev–Trinajstić information content (AvgIpc) is 2.86. The molecule has 17 heteroatoms. The lowest BCUT2D eigenvalue weighted by Gasteiger charge is -2.44. The first-order valence-corrected chi connectivity index (χ1v) is 10.4. The van der Waals surface area contributed by atoms with E-state index in [0.717, 1.165) is 0 Å². The Hall–Kier alpha value is -0.970. The summed E-state index contributed by atoms with van der Waals surface area (Å²) in [6.07, 6.45) is -22.5. The molecule has 0 radical (unpaired) electrons. The molecule has 0 spiro atoms. The molecule has 2 saturated heterocycles. The Balaban J connectivity index is 0.000000434. The van der Waals surface area contributed by atoms with E-state index in [9.17, 15) is 35.4 Å². The fourth-order valence-corrected chi connectivity index (χ4v) is 3.17. The van der Waals surface area contributed by atoms with E-state index in [1.165, 1.54) is 0 Å². The van der Waals surface area contributed by atoms with Gasteiger partial charge in [0.2, 0.25) is 0 Å². The van der Waals surface area contributed by atoms with E-state index in [2.05, 4.69) is 0 Å². The Morgan fingerprint density at radius 3 is 1.71 bits per heavy atom. The van der Waals surface area contributed by atoms with Crippen molar-refractivity contribution in [3.8, 4) is 0 Å². The summed E-state index contributed by atoms with van der Waals surface area (Å²) in [7, 11) is 0. The highest BCUT2D eigenvalue weighted by atomic mass is 16.7. The number of aliphatic hydroxyl groups is 13. The largest absolute Gasteiger partial charge is 0.394 e. The van der Waals surface area contributed by atoms with Crippen molar-refractivity contribution >= 4 is 6.29 Å². The number of carbonyl (C=O) groups excluding carboxylic acids is 1. The van der Waals surface area contributed by atoms with Gasteiger partial charge < -0.3 is 85.4 Å². The number of hydrogen-bond acceptors (Lipinski definition) is 17. The molecular weight excluding hydrogens is 488 g/mol. The second-order valence-corrected chi connectivity index (χ2v) is 7.88. The van der Waals surface area contributed by atoms with Crippen molar-refractivity contribution in [2.45, 2.75) is 85.8 Å². The topological polar surface area (TPSA) is 308 Å². The molecule has 0 bridgehead atoms. The monoisotopic (exact) mass is 522 g/mol. The van der Waals surface area contributed by atoms with Crippen molar-refractivity contribution in [1.82, 2.24) is 0 Å². The summed E-state index contributed by atoms with van der Waals surface area (Å²) in [5.74, 6) is 0. The molecular formula is C18H34O17. The molecule has 208 valence electrons. The lowest BCUT2D eigenvalue weighted by atomic mass is 9.97. The van der Waals surface area contributed by atoms with Crippen LogP contribution >= 0.6 is 0 Å². The van der Waals surface area contributed by atoms with Gasteiger partial charge in [0.15, 0.2) is 18.9 Å². The molecule has 2 heterocycles. The highest BCUT2D eigenvalue weighted by molar-refractivity contribution is 5.56. The van der Waals surface area contributed by atoms with Crippen molar-refractivity contribution < 1.29 is 85.4 Å². The number of ether oxygens (including phenoxy) is 3. The molecule has 0 amide bonds. The maximum absolute atomic E-state index is 9.94. The van der Waals surface area contributed by atoms with E-state index in [1.807, 2.05) is 0 Å². The summed E-state index contributed by atoms with van der Waals surface area (Å²) >= 11 is 0. The van der Waals surface area contributed by atoms with Gasteiger partial charge >= 0.3 is 0 Å². The van der Waals surface area contributed by atoms with Crippen LogP contribution in [0.4, 0.5) is 0 Å². The smallest absolute Gasteiger partial charge is 0.187 e. The van der Waals surface area contributed by atoms with Crippen LogP contribution in [0.25, 0.3) is 0 Å². The molecule has 2 rings (SSSR count). The molecule has 0 unspecified atom stereocenters. The lowest BCUT2D eigenvalue weighted by molar-refractivity contribution is -0.361. The first kappa shape index (κ1) is 32.1. The minimum absolute atomic E-state index is 0.0258. The molecule has 0 saturated carbocycles. The van der Waals surface area contributed by atoms with Crippen molar-refractivity contribution in [1.29, 1.82) is 0 Å². The van der Waals surface area contributed by atoms with Gasteiger partial charge in [-0.05, 0) is 0 Å². The summed E-state index contributed by atoms with van der Waals surface area (Å²) in [6, 6.07) is 0. The second-order valence-electron chi connectivity index (χ2n) is 7.88. The van der Waals surface area contributed by atoms with Crippen LogP contribution in [-0.4, -0.2) is 178 Å². The Kier molecular flexibility index (Phi) is 13.5. The zero-order valence-corrected chi connectivity index (χ0v) is 18.2. The molecule has 13 N–H and O–H groups in total. The normalized spacial score (nSPS) is 41.2. The predicted octanol–water partition coefficient (Wildman–Crippen LogP) is -8.78. The Labute approximate surface area is 198 Å². The fourth-order valence-electron chi connectivity index (χ4n) is 3.17. The van der Waals surface area contributed by atoms with E-state index in [4.69, 9.17) is 50.0 Å². The number of aliphatic hydroxyl groups excluding tert-OH is 13. The van der Waals surface area contributed by atoms with Gasteiger partial charge in [0.05, 0.1) is 19.8 Å². The average molecular weight is 522 g/mol. The first-order chi connectivity index (χ1) is 16.4. The summed E-state index contributed by atoms with van der Waals surface area (Å²) < 4.78 is 15.1. The van der Waals surface area contributed by atoms with Crippen LogP contribution < -0.4 is 0 Å². The quantitative estimate of drug-likeness (QED) is 0.125. The Morgan fingerprint density at radius 2 is 1.23 bits per heavy atom. The van der Waals surface area contributed by atoms with E-state index in [-0.39, 0.29) is 6.29 Å². The molecule has 2 aliphatic rings. The van der Waals surface area contributed by atoms with Crippen LogP contribution in [-0.2, 0) is 19.0 Å². The summed E-state index contributed by atoms with van der Waals surface area (Å²) in [5.41, 5.74) is 0. The second kappa shape index (κ2) is 14.7. The van der Waals surface area contributed by atoms with Crippen LogP contribution in [0.15, 0.2) is 0 Å². The predicted molar refractivity (Wildman–Crippen MR) is 106 cm³/mol. The van der Waals surface area contributed by atoms with Crippen molar-refractivity contribution in [3.05, 3.63) is 0 Å². The molecule has 14 atom stereocenters. The third-order valence-corrected chi connectivity index (χ3v) is 5.40. The van der Waals surface area contributed by atoms with Crippen molar-refractivity contribution in [2.75, 3.05) is 19.8 Å². The lowest BCUT2D eigenvalue weighted by Crippen LogP contribution is -2.64. The minimum Gasteiger partial charge on any atom is -0.394 e. The highest BCUT2D eigenvalue weighted by Gasteiger charge is 2.50. The molecule has 0 aromatic carbocycles. The molecule has 0 aromatic rings. The summed E-state index contributed by atoms with van der Waals surface area (Å²) in [4.78, 5) is 9.90. The van der Waals surface area contributed by atoms with Gasteiger partial charge in [0.25, 0.3) is 0 Å². The van der Waals surface area contributed by atoms with Crippen molar-refractivity contribution in [2.24, 2.45) is 0 Å². The Bertz CT molecular complexity index is 610. The molecule has 2 fully saturated rings. The summed E-state index contributed by atoms with van der Waals surface area (Å²) in [5, 5.41) is 120. The molecule has 2 aliphatic heterocycles. The van der Waals surface area contributed by atoms with Gasteiger partial charge in [-0.3, -0.25) is 0 Å². The van der Waals surface area contributed by atoms with E-state index >= 15 is 0 Å². The van der Waals surface area contributed by atoms with Gasteiger partial charge in [0.1, 0.15) is 73.2 Å². The molecule has 0 aliphatic carbocycles.